The summed E-state index contributed by atoms with van der Waals surface area (Å²) in [5.74, 6) is 1.07. The Bertz CT molecular complexity index is 294. The molecule has 2 rings (SSSR count). The maximum absolute atomic E-state index is 4.28. The van der Waals surface area contributed by atoms with Gasteiger partial charge in [0.2, 0.25) is 0 Å². The first kappa shape index (κ1) is 15.2. The molecule has 0 bridgehead atoms. The van der Waals surface area contributed by atoms with Crippen molar-refractivity contribution in [1.29, 1.82) is 0 Å². The second-order valence-corrected chi connectivity index (χ2v) is 4.09. The van der Waals surface area contributed by atoms with Crippen LogP contribution in [0.4, 0.5) is 5.82 Å². The largest absolute Gasteiger partial charge is 0.353 e. The van der Waals surface area contributed by atoms with Crippen LogP contribution in [0.1, 0.15) is 0 Å². The maximum atomic E-state index is 4.28. The lowest BCUT2D eigenvalue weighted by molar-refractivity contribution is 0.583. The molecule has 0 aromatic carbocycles. The lowest BCUT2D eigenvalue weighted by Crippen LogP contribution is -2.44. The van der Waals surface area contributed by atoms with Gasteiger partial charge in [-0.2, -0.15) is 0 Å². The summed E-state index contributed by atoms with van der Waals surface area (Å²) in [4.78, 5) is 10.6. The number of anilines is 1. The second kappa shape index (κ2) is 7.43. The van der Waals surface area contributed by atoms with Crippen LogP contribution in [-0.4, -0.2) is 36.1 Å². The molecule has 1 fully saturated rings. The van der Waals surface area contributed by atoms with Crippen LogP contribution in [0, 0.1) is 3.57 Å². The number of halogens is 3. The number of nitrogens with one attached hydrogen (secondary N) is 1. The van der Waals surface area contributed by atoms with Crippen LogP contribution in [0.15, 0.2) is 12.5 Å². The van der Waals surface area contributed by atoms with Gasteiger partial charge in [0.15, 0.2) is 0 Å². The van der Waals surface area contributed by atoms with Gasteiger partial charge in [-0.05, 0) is 22.6 Å². The van der Waals surface area contributed by atoms with Gasteiger partial charge < -0.3 is 10.2 Å². The van der Waals surface area contributed by atoms with Gasteiger partial charge in [-0.15, -0.1) is 24.8 Å². The van der Waals surface area contributed by atoms with Gasteiger partial charge in [-0.3, -0.25) is 0 Å². The van der Waals surface area contributed by atoms with Gasteiger partial charge >= 0.3 is 0 Å². The summed E-state index contributed by atoms with van der Waals surface area (Å²) in [7, 11) is 0. The SMILES string of the molecule is Cl.Cl.Ic1cncnc1N1CCNCC1. The minimum atomic E-state index is 0. The highest BCUT2D eigenvalue weighted by Gasteiger charge is 2.13. The van der Waals surface area contributed by atoms with E-state index in [1.807, 2.05) is 6.20 Å². The second-order valence-electron chi connectivity index (χ2n) is 2.93. The van der Waals surface area contributed by atoms with E-state index in [1.54, 1.807) is 6.33 Å². The third kappa shape index (κ3) is 3.90. The zero-order valence-corrected chi connectivity index (χ0v) is 11.8. The Hall–Kier alpha value is 0.150. The number of hydrogen-bond acceptors (Lipinski definition) is 4. The van der Waals surface area contributed by atoms with Crippen LogP contribution in [0.25, 0.3) is 0 Å². The van der Waals surface area contributed by atoms with Gasteiger partial charge in [0.25, 0.3) is 0 Å². The van der Waals surface area contributed by atoms with Gasteiger partial charge in [0.05, 0.1) is 3.57 Å². The fraction of sp³-hybridized carbons (Fsp3) is 0.500. The predicted molar refractivity (Wildman–Crippen MR) is 74.3 cm³/mol. The zero-order valence-electron chi connectivity index (χ0n) is 8.02. The van der Waals surface area contributed by atoms with E-state index < -0.39 is 0 Å². The molecule has 1 aromatic heterocycles. The van der Waals surface area contributed by atoms with Crippen LogP contribution < -0.4 is 10.2 Å². The summed E-state index contributed by atoms with van der Waals surface area (Å²) in [5.41, 5.74) is 0. The van der Waals surface area contributed by atoms with E-state index in [-0.39, 0.29) is 24.8 Å². The topological polar surface area (TPSA) is 41.1 Å². The fourth-order valence-corrected chi connectivity index (χ4v) is 2.06. The molecule has 1 saturated heterocycles. The summed E-state index contributed by atoms with van der Waals surface area (Å²) >= 11 is 2.28. The quantitative estimate of drug-likeness (QED) is 0.765. The number of piperazine rings is 1. The molecule has 1 aliphatic heterocycles. The van der Waals surface area contributed by atoms with Crippen molar-refractivity contribution in [3.05, 3.63) is 16.1 Å². The summed E-state index contributed by atoms with van der Waals surface area (Å²) < 4.78 is 1.13. The summed E-state index contributed by atoms with van der Waals surface area (Å²) in [6, 6.07) is 0. The van der Waals surface area contributed by atoms with Crippen molar-refractivity contribution in [1.82, 2.24) is 15.3 Å². The lowest BCUT2D eigenvalue weighted by atomic mass is 10.3. The minimum absolute atomic E-state index is 0. The minimum Gasteiger partial charge on any atom is -0.353 e. The van der Waals surface area contributed by atoms with Crippen LogP contribution in [-0.2, 0) is 0 Å². The van der Waals surface area contributed by atoms with Crippen LogP contribution in [0.3, 0.4) is 0 Å². The van der Waals surface area contributed by atoms with Crippen molar-refractivity contribution < 1.29 is 0 Å². The third-order valence-corrected chi connectivity index (χ3v) is 2.83. The van der Waals surface area contributed by atoms with Gasteiger partial charge in [0.1, 0.15) is 12.1 Å². The number of rotatable bonds is 1. The normalized spacial score (nSPS) is 15.1. The molecule has 15 heavy (non-hydrogen) atoms. The molecule has 1 aliphatic rings. The van der Waals surface area contributed by atoms with Crippen LogP contribution in [0.5, 0.6) is 0 Å². The van der Waals surface area contributed by atoms with Crippen LogP contribution in [0.2, 0.25) is 0 Å². The average molecular weight is 363 g/mol. The molecular formula is C8H13Cl2IN4. The standard InChI is InChI=1S/C8H11IN4.2ClH/c9-7-5-11-6-12-8(7)13-3-1-10-2-4-13;;/h5-6,10H,1-4H2;2*1H. The Morgan fingerprint density at radius 2 is 1.93 bits per heavy atom. The van der Waals surface area contributed by atoms with E-state index in [4.69, 9.17) is 0 Å². The molecule has 86 valence electrons. The summed E-state index contributed by atoms with van der Waals surface area (Å²) in [6.45, 7) is 4.15. The lowest BCUT2D eigenvalue weighted by Gasteiger charge is -2.28. The van der Waals surface area contributed by atoms with E-state index in [2.05, 4.69) is 42.8 Å². The Kier molecular flexibility index (Phi) is 7.50. The Balaban J connectivity index is 0.000000980. The predicted octanol–water partition coefficient (Wildman–Crippen LogP) is 1.33. The molecule has 1 aromatic rings. The Morgan fingerprint density at radius 1 is 1.27 bits per heavy atom. The molecule has 1 N–H and O–H groups in total. The molecule has 7 heteroatoms. The average Bonchev–Trinajstić information content (AvgIpc) is 2.20. The first-order valence-corrected chi connectivity index (χ1v) is 5.37. The van der Waals surface area contributed by atoms with Crippen molar-refractivity contribution in [3.8, 4) is 0 Å². The Morgan fingerprint density at radius 3 is 2.53 bits per heavy atom. The molecule has 4 nitrogen and oxygen atoms in total. The molecule has 0 amide bonds. The fourth-order valence-electron chi connectivity index (χ4n) is 1.42. The molecular weight excluding hydrogens is 350 g/mol. The van der Waals surface area contributed by atoms with Crippen molar-refractivity contribution in [2.45, 2.75) is 0 Å². The van der Waals surface area contributed by atoms with Crippen molar-refractivity contribution >= 4 is 53.2 Å². The zero-order chi connectivity index (χ0) is 9.10. The highest BCUT2D eigenvalue weighted by Crippen LogP contribution is 2.17. The van der Waals surface area contributed by atoms with Crippen molar-refractivity contribution in [2.24, 2.45) is 0 Å². The molecule has 0 unspecified atom stereocenters. The van der Waals surface area contributed by atoms with Gasteiger partial charge in [-0.25, -0.2) is 9.97 Å². The van der Waals surface area contributed by atoms with Gasteiger partial charge in [-0.1, -0.05) is 0 Å². The van der Waals surface area contributed by atoms with E-state index >= 15 is 0 Å². The number of hydrogen-bond donors (Lipinski definition) is 1. The first-order chi connectivity index (χ1) is 6.38. The van der Waals surface area contributed by atoms with E-state index in [1.165, 1.54) is 0 Å². The van der Waals surface area contributed by atoms with Gasteiger partial charge in [0, 0.05) is 32.4 Å². The molecule has 0 atom stereocenters. The molecule has 0 saturated carbocycles. The number of nitrogens with zero attached hydrogens (tertiary/aromatic N) is 3. The highest BCUT2D eigenvalue weighted by atomic mass is 127. The molecule has 2 heterocycles. The molecule has 0 aliphatic carbocycles. The van der Waals surface area contributed by atoms with E-state index in [0.29, 0.717) is 0 Å². The molecule has 0 spiro atoms. The van der Waals surface area contributed by atoms with E-state index in [0.717, 1.165) is 35.6 Å². The van der Waals surface area contributed by atoms with Crippen molar-refractivity contribution in [2.75, 3.05) is 31.1 Å². The highest BCUT2D eigenvalue weighted by molar-refractivity contribution is 14.1. The van der Waals surface area contributed by atoms with E-state index in [9.17, 15) is 0 Å². The summed E-state index contributed by atoms with van der Waals surface area (Å²) in [5, 5.41) is 3.32. The molecule has 0 radical (unpaired) electrons. The summed E-state index contributed by atoms with van der Waals surface area (Å²) in [6.07, 6.45) is 3.46. The van der Waals surface area contributed by atoms with Crippen LogP contribution >= 0.6 is 47.4 Å². The first-order valence-electron chi connectivity index (χ1n) is 4.29. The smallest absolute Gasteiger partial charge is 0.145 e. The van der Waals surface area contributed by atoms with Crippen molar-refractivity contribution in [3.63, 3.8) is 0 Å². The number of aromatic nitrogens is 2. The maximum Gasteiger partial charge on any atom is 0.145 e. The monoisotopic (exact) mass is 362 g/mol. The third-order valence-electron chi connectivity index (χ3n) is 2.06. The Labute approximate surface area is 115 Å².